The van der Waals surface area contributed by atoms with E-state index >= 15 is 0 Å². The van der Waals surface area contributed by atoms with Crippen molar-refractivity contribution >= 4 is 17.4 Å². The van der Waals surface area contributed by atoms with Gasteiger partial charge in [-0.25, -0.2) is 4.98 Å². The maximum absolute atomic E-state index is 5.82. The zero-order valence-electron chi connectivity index (χ0n) is 8.47. The molecule has 15 heavy (non-hydrogen) atoms. The Kier molecular flexibility index (Phi) is 2.92. The Morgan fingerprint density at radius 2 is 2.07 bits per heavy atom. The Labute approximate surface area is 93.5 Å². The number of aryl methyl sites for hydroxylation is 1. The summed E-state index contributed by atoms with van der Waals surface area (Å²) in [5.41, 5.74) is 7.79. The molecule has 0 aliphatic carbocycles. The number of benzene rings is 1. The normalized spacial score (nSPS) is 10.2. The van der Waals surface area contributed by atoms with Crippen LogP contribution in [0.3, 0.4) is 0 Å². The van der Waals surface area contributed by atoms with Gasteiger partial charge in [-0.05, 0) is 31.2 Å². The molecule has 1 aromatic carbocycles. The molecule has 0 amide bonds. The van der Waals surface area contributed by atoms with Crippen molar-refractivity contribution < 1.29 is 0 Å². The number of nitrogen functional groups attached to an aromatic ring is 1. The van der Waals surface area contributed by atoms with Gasteiger partial charge in [0.2, 0.25) is 0 Å². The van der Waals surface area contributed by atoms with E-state index in [9.17, 15) is 0 Å². The number of pyridine rings is 1. The molecule has 2 nitrogen and oxygen atoms in total. The van der Waals surface area contributed by atoms with E-state index in [1.54, 1.807) is 18.0 Å². The zero-order valence-corrected chi connectivity index (χ0v) is 9.29. The predicted molar refractivity (Wildman–Crippen MR) is 64.0 cm³/mol. The molecule has 0 spiro atoms. The Balaban J connectivity index is 2.26. The molecular weight excluding hydrogens is 204 g/mol. The van der Waals surface area contributed by atoms with Gasteiger partial charge in [0.25, 0.3) is 0 Å². The molecule has 1 heterocycles. The van der Waals surface area contributed by atoms with Crippen molar-refractivity contribution in [3.8, 4) is 0 Å². The van der Waals surface area contributed by atoms with E-state index in [1.165, 1.54) is 10.5 Å². The lowest BCUT2D eigenvalue weighted by atomic mass is 10.2. The van der Waals surface area contributed by atoms with E-state index in [0.29, 0.717) is 0 Å². The first-order chi connectivity index (χ1) is 7.25. The number of hydrogen-bond donors (Lipinski definition) is 1. The van der Waals surface area contributed by atoms with Gasteiger partial charge in [-0.3, -0.25) is 0 Å². The first kappa shape index (κ1) is 10.1. The maximum Gasteiger partial charge on any atom is 0.124 e. The zero-order chi connectivity index (χ0) is 10.7. The highest BCUT2D eigenvalue weighted by Gasteiger charge is 2.02. The number of rotatable bonds is 2. The number of nitrogens with zero attached hydrogens (tertiary/aromatic N) is 1. The van der Waals surface area contributed by atoms with E-state index in [2.05, 4.69) is 30.1 Å². The van der Waals surface area contributed by atoms with Crippen LogP contribution in [0.2, 0.25) is 0 Å². The second-order valence-corrected chi connectivity index (χ2v) is 4.38. The lowest BCUT2D eigenvalue weighted by Crippen LogP contribution is -1.90. The molecule has 0 saturated carbocycles. The van der Waals surface area contributed by atoms with Crippen LogP contribution in [0.5, 0.6) is 0 Å². The molecule has 0 aliphatic rings. The van der Waals surface area contributed by atoms with E-state index < -0.39 is 0 Å². The first-order valence-corrected chi connectivity index (χ1v) is 5.52. The van der Waals surface area contributed by atoms with Gasteiger partial charge >= 0.3 is 0 Å². The quantitative estimate of drug-likeness (QED) is 0.838. The molecule has 0 saturated heterocycles. The molecule has 0 unspecified atom stereocenters. The molecule has 0 aliphatic heterocycles. The summed E-state index contributed by atoms with van der Waals surface area (Å²) in [7, 11) is 0. The largest absolute Gasteiger partial charge is 0.397 e. The molecule has 0 bridgehead atoms. The van der Waals surface area contributed by atoms with Crippen LogP contribution in [0.1, 0.15) is 5.56 Å². The highest BCUT2D eigenvalue weighted by Crippen LogP contribution is 2.29. The summed E-state index contributed by atoms with van der Waals surface area (Å²) in [5, 5.41) is 0.864. The summed E-state index contributed by atoms with van der Waals surface area (Å²) in [5.74, 6) is 0. The third kappa shape index (κ3) is 2.50. The van der Waals surface area contributed by atoms with Gasteiger partial charge in [-0.2, -0.15) is 0 Å². The summed E-state index contributed by atoms with van der Waals surface area (Å²) >= 11 is 1.59. The van der Waals surface area contributed by atoms with Gasteiger partial charge < -0.3 is 5.73 Å². The van der Waals surface area contributed by atoms with Crippen LogP contribution in [0.15, 0.2) is 52.5 Å². The number of anilines is 1. The van der Waals surface area contributed by atoms with Gasteiger partial charge in [0.05, 0.1) is 5.69 Å². The number of hydrogen-bond acceptors (Lipinski definition) is 3. The Morgan fingerprint density at radius 3 is 2.80 bits per heavy atom. The average molecular weight is 216 g/mol. The van der Waals surface area contributed by atoms with Crippen molar-refractivity contribution in [2.45, 2.75) is 16.8 Å². The van der Waals surface area contributed by atoms with Crippen LogP contribution in [-0.2, 0) is 0 Å². The fraction of sp³-hybridized carbons (Fsp3) is 0.0833. The summed E-state index contributed by atoms with van der Waals surface area (Å²) in [6.07, 6.45) is 1.76. The van der Waals surface area contributed by atoms with Crippen LogP contribution in [0.4, 0.5) is 5.69 Å². The highest BCUT2D eigenvalue weighted by molar-refractivity contribution is 7.99. The summed E-state index contributed by atoms with van der Waals surface area (Å²) in [6.45, 7) is 2.08. The Hall–Kier alpha value is -1.48. The molecular formula is C12H12N2S. The Morgan fingerprint density at radius 1 is 1.20 bits per heavy atom. The van der Waals surface area contributed by atoms with Crippen LogP contribution in [-0.4, -0.2) is 4.98 Å². The van der Waals surface area contributed by atoms with Crippen molar-refractivity contribution in [1.29, 1.82) is 0 Å². The second-order valence-electron chi connectivity index (χ2n) is 3.32. The average Bonchev–Trinajstić information content (AvgIpc) is 2.22. The lowest BCUT2D eigenvalue weighted by Gasteiger charge is -2.04. The van der Waals surface area contributed by atoms with Crippen molar-refractivity contribution in [1.82, 2.24) is 4.98 Å². The van der Waals surface area contributed by atoms with Crippen LogP contribution < -0.4 is 5.73 Å². The minimum Gasteiger partial charge on any atom is -0.397 e. The standard InChI is InChI=1S/C12H12N2S/c1-9-4-2-5-10(8-9)15-12-11(13)6-3-7-14-12/h2-8H,13H2,1H3. The molecule has 0 atom stereocenters. The summed E-state index contributed by atoms with van der Waals surface area (Å²) in [6, 6.07) is 12.0. The molecule has 2 N–H and O–H groups in total. The van der Waals surface area contributed by atoms with Gasteiger partial charge in [-0.1, -0.05) is 29.5 Å². The van der Waals surface area contributed by atoms with Crippen LogP contribution >= 0.6 is 11.8 Å². The molecule has 1 aromatic heterocycles. The SMILES string of the molecule is Cc1cccc(Sc2ncccc2N)c1. The predicted octanol–water partition coefficient (Wildman–Crippen LogP) is 3.12. The number of aromatic nitrogens is 1. The topological polar surface area (TPSA) is 38.9 Å². The fourth-order valence-electron chi connectivity index (χ4n) is 1.28. The monoisotopic (exact) mass is 216 g/mol. The van der Waals surface area contributed by atoms with Crippen molar-refractivity contribution in [3.63, 3.8) is 0 Å². The van der Waals surface area contributed by atoms with Gasteiger partial charge in [0.15, 0.2) is 0 Å². The second kappa shape index (κ2) is 4.36. The summed E-state index contributed by atoms with van der Waals surface area (Å²) in [4.78, 5) is 5.41. The first-order valence-electron chi connectivity index (χ1n) is 4.71. The fourth-order valence-corrected chi connectivity index (χ4v) is 2.19. The van der Waals surface area contributed by atoms with Gasteiger partial charge in [0.1, 0.15) is 5.03 Å². The molecule has 0 radical (unpaired) electrons. The summed E-state index contributed by atoms with van der Waals surface area (Å²) < 4.78 is 0. The van der Waals surface area contributed by atoms with E-state index in [0.717, 1.165) is 10.7 Å². The van der Waals surface area contributed by atoms with Crippen molar-refractivity contribution in [2.75, 3.05) is 5.73 Å². The van der Waals surface area contributed by atoms with E-state index in [1.807, 2.05) is 18.2 Å². The third-order valence-electron chi connectivity index (χ3n) is 2.00. The Bertz CT molecular complexity index is 469. The van der Waals surface area contributed by atoms with Crippen molar-refractivity contribution in [2.24, 2.45) is 0 Å². The van der Waals surface area contributed by atoms with E-state index in [4.69, 9.17) is 5.73 Å². The van der Waals surface area contributed by atoms with Gasteiger partial charge in [0, 0.05) is 11.1 Å². The lowest BCUT2D eigenvalue weighted by molar-refractivity contribution is 1.14. The molecule has 3 heteroatoms. The maximum atomic E-state index is 5.82. The molecule has 2 aromatic rings. The van der Waals surface area contributed by atoms with E-state index in [-0.39, 0.29) is 0 Å². The molecule has 2 rings (SSSR count). The van der Waals surface area contributed by atoms with Crippen LogP contribution in [0, 0.1) is 6.92 Å². The molecule has 0 fully saturated rings. The highest BCUT2D eigenvalue weighted by atomic mass is 32.2. The van der Waals surface area contributed by atoms with Gasteiger partial charge in [-0.15, -0.1) is 0 Å². The minimum absolute atomic E-state index is 0.726. The third-order valence-corrected chi connectivity index (χ3v) is 3.03. The molecule has 76 valence electrons. The van der Waals surface area contributed by atoms with Crippen LogP contribution in [0.25, 0.3) is 0 Å². The smallest absolute Gasteiger partial charge is 0.124 e. The number of nitrogens with two attached hydrogens (primary N) is 1. The van der Waals surface area contributed by atoms with Crippen molar-refractivity contribution in [3.05, 3.63) is 48.2 Å². The minimum atomic E-state index is 0.726.